The minimum Gasteiger partial charge on any atom is -0.466 e. The molecule has 0 atom stereocenters. The molecule has 0 saturated heterocycles. The molecule has 0 aromatic heterocycles. The number of hydrogen-bond donors (Lipinski definition) is 0. The molecule has 0 spiro atoms. The predicted molar refractivity (Wildman–Crippen MR) is 30.3 cm³/mol. The molecule has 0 fully saturated rings. The molecule has 0 N–H and O–H groups in total. The largest absolute Gasteiger partial charge is 0.466 e. The lowest BCUT2D eigenvalue weighted by atomic mass is 10.6. The molecule has 0 unspecified atom stereocenters. The molecule has 0 aliphatic carbocycles. The minimum absolute atomic E-state index is 0.539. The second-order valence-corrected chi connectivity index (χ2v) is 1.04. The normalized spacial score (nSPS) is 8.56. The molecule has 0 radical (unpaired) electrons. The molecule has 0 heterocycles. The zero-order valence-electron chi connectivity index (χ0n) is 4.81. The summed E-state index contributed by atoms with van der Waals surface area (Å²) in [5, 5.41) is 2.96. The van der Waals surface area contributed by atoms with Gasteiger partial charge in [0.25, 0.3) is 0 Å². The van der Waals surface area contributed by atoms with Gasteiger partial charge in [-0.15, -0.1) is 0 Å². The summed E-state index contributed by atoms with van der Waals surface area (Å²) in [6.07, 6.45) is 2.05. The first kappa shape index (κ1) is 7.52. The first-order chi connectivity index (χ1) is 4.31. The van der Waals surface area contributed by atoms with Gasteiger partial charge in [0.15, 0.2) is 0 Å². The van der Waals surface area contributed by atoms with Gasteiger partial charge < -0.3 is 4.74 Å². The van der Waals surface area contributed by atoms with Crippen molar-refractivity contribution in [2.24, 2.45) is 5.11 Å². The van der Waals surface area contributed by atoms with Gasteiger partial charge in [-0.1, -0.05) is 5.11 Å². The molecular weight excluding hydrogens is 122 g/mol. The molecule has 0 aliphatic rings. The van der Waals surface area contributed by atoms with Crippen molar-refractivity contribution in [2.45, 2.75) is 0 Å². The van der Waals surface area contributed by atoms with E-state index in [4.69, 9.17) is 5.53 Å². The number of carbonyl (C=O) groups is 1. The number of methoxy groups -OCH3 is 1. The predicted octanol–water partition coefficient (Wildman–Crippen LogP) is 0.983. The highest BCUT2D eigenvalue weighted by atomic mass is 16.5. The zero-order valence-corrected chi connectivity index (χ0v) is 4.81. The van der Waals surface area contributed by atoms with Crippen LogP contribution in [0.1, 0.15) is 0 Å². The molecule has 0 aliphatic heterocycles. The second kappa shape index (κ2) is 4.67. The number of esters is 1. The lowest BCUT2D eigenvalue weighted by molar-refractivity contribution is -0.134. The Labute approximate surface area is 51.6 Å². The van der Waals surface area contributed by atoms with Gasteiger partial charge in [0.05, 0.1) is 7.11 Å². The van der Waals surface area contributed by atoms with Crippen molar-refractivity contribution >= 4 is 5.97 Å². The van der Waals surface area contributed by atoms with Crippen LogP contribution in [0.25, 0.3) is 10.4 Å². The fourth-order valence-corrected chi connectivity index (χ4v) is 0.192. The van der Waals surface area contributed by atoms with Gasteiger partial charge in [0, 0.05) is 17.2 Å². The van der Waals surface area contributed by atoms with Gasteiger partial charge in [-0.05, 0) is 5.53 Å². The van der Waals surface area contributed by atoms with E-state index >= 15 is 0 Å². The number of hydrogen-bond acceptors (Lipinski definition) is 3. The maximum absolute atomic E-state index is 10.2. The Morgan fingerprint density at radius 2 is 2.56 bits per heavy atom. The smallest absolute Gasteiger partial charge is 0.330 e. The van der Waals surface area contributed by atoms with Crippen LogP contribution in [0.5, 0.6) is 0 Å². The van der Waals surface area contributed by atoms with E-state index in [-0.39, 0.29) is 0 Å². The monoisotopic (exact) mass is 127 g/mol. The maximum atomic E-state index is 10.2. The van der Waals surface area contributed by atoms with Crippen LogP contribution in [0.4, 0.5) is 0 Å². The summed E-state index contributed by atoms with van der Waals surface area (Å²) in [4.78, 5) is 12.6. The second-order valence-electron chi connectivity index (χ2n) is 1.04. The molecule has 0 bridgehead atoms. The number of ether oxygens (including phenoxy) is 1. The Balaban J connectivity index is 3.70. The third-order valence-electron chi connectivity index (χ3n) is 0.530. The molecule has 0 aromatic carbocycles. The Morgan fingerprint density at radius 3 is 3.00 bits per heavy atom. The average molecular weight is 127 g/mol. The standard InChI is InChI=1S/C4H5N3O2/c1-9-4(8)2-3-6-7-5/h2-3H,1H3. The van der Waals surface area contributed by atoms with Crippen LogP contribution in [-0.2, 0) is 9.53 Å². The number of carbonyl (C=O) groups excluding carboxylic acids is 1. The van der Waals surface area contributed by atoms with Crippen LogP contribution >= 0.6 is 0 Å². The topological polar surface area (TPSA) is 75.1 Å². The average Bonchev–Trinajstić information content (AvgIpc) is 1.89. The lowest BCUT2D eigenvalue weighted by Crippen LogP contribution is -1.92. The zero-order chi connectivity index (χ0) is 7.11. The highest BCUT2D eigenvalue weighted by Crippen LogP contribution is 1.78. The molecule has 9 heavy (non-hydrogen) atoms. The summed E-state index contributed by atoms with van der Waals surface area (Å²) in [7, 11) is 1.24. The Kier molecular flexibility index (Phi) is 3.90. The summed E-state index contributed by atoms with van der Waals surface area (Å²) in [5.41, 5.74) is 7.71. The van der Waals surface area contributed by atoms with E-state index in [0.717, 1.165) is 12.3 Å². The van der Waals surface area contributed by atoms with Crippen LogP contribution in [-0.4, -0.2) is 13.1 Å². The fraction of sp³-hybridized carbons (Fsp3) is 0.250. The van der Waals surface area contributed by atoms with E-state index in [2.05, 4.69) is 14.8 Å². The van der Waals surface area contributed by atoms with Gasteiger partial charge in [-0.3, -0.25) is 0 Å². The van der Waals surface area contributed by atoms with Crippen molar-refractivity contribution < 1.29 is 9.53 Å². The highest BCUT2D eigenvalue weighted by Gasteiger charge is 1.85. The molecule has 0 saturated carbocycles. The molecule has 5 nitrogen and oxygen atoms in total. The van der Waals surface area contributed by atoms with Gasteiger partial charge >= 0.3 is 5.97 Å². The van der Waals surface area contributed by atoms with Crippen molar-refractivity contribution in [3.63, 3.8) is 0 Å². The summed E-state index contributed by atoms with van der Waals surface area (Å²) < 4.78 is 4.19. The van der Waals surface area contributed by atoms with E-state index in [0.29, 0.717) is 0 Å². The third kappa shape index (κ3) is 4.37. The number of azide groups is 1. The van der Waals surface area contributed by atoms with Crippen molar-refractivity contribution in [3.8, 4) is 0 Å². The number of nitrogens with zero attached hydrogens (tertiary/aromatic N) is 3. The van der Waals surface area contributed by atoms with E-state index in [9.17, 15) is 4.79 Å². The molecule has 0 amide bonds. The Morgan fingerprint density at radius 1 is 1.89 bits per heavy atom. The molecule has 48 valence electrons. The summed E-state index contributed by atoms with van der Waals surface area (Å²) in [6.45, 7) is 0. The van der Waals surface area contributed by atoms with E-state index in [1.807, 2.05) is 0 Å². The van der Waals surface area contributed by atoms with Crippen LogP contribution < -0.4 is 0 Å². The summed E-state index contributed by atoms with van der Waals surface area (Å²) in [6, 6.07) is 0. The van der Waals surface area contributed by atoms with Gasteiger partial charge in [-0.25, -0.2) is 4.79 Å². The maximum Gasteiger partial charge on any atom is 0.330 e. The molecule has 5 heteroatoms. The highest BCUT2D eigenvalue weighted by molar-refractivity contribution is 5.81. The quantitative estimate of drug-likeness (QED) is 0.182. The first-order valence-electron chi connectivity index (χ1n) is 2.10. The van der Waals surface area contributed by atoms with Gasteiger partial charge in [0.2, 0.25) is 0 Å². The van der Waals surface area contributed by atoms with Crippen molar-refractivity contribution in [1.82, 2.24) is 0 Å². The summed E-state index contributed by atoms with van der Waals surface area (Å²) >= 11 is 0. The van der Waals surface area contributed by atoms with Gasteiger partial charge in [-0.2, -0.15) is 0 Å². The minimum atomic E-state index is -0.539. The van der Waals surface area contributed by atoms with Crippen molar-refractivity contribution in [2.75, 3.05) is 7.11 Å². The SMILES string of the molecule is COC(=O)C=CN=[N+]=[N-]. The first-order valence-corrected chi connectivity index (χ1v) is 2.10. The molecule has 0 rings (SSSR count). The van der Waals surface area contributed by atoms with Crippen LogP contribution in [0, 0.1) is 0 Å². The van der Waals surface area contributed by atoms with Crippen molar-refractivity contribution in [1.29, 1.82) is 0 Å². The van der Waals surface area contributed by atoms with E-state index < -0.39 is 5.97 Å². The third-order valence-corrected chi connectivity index (χ3v) is 0.530. The van der Waals surface area contributed by atoms with Crippen molar-refractivity contribution in [3.05, 3.63) is 22.7 Å². The Bertz CT molecular complexity index is 169. The molecule has 0 aromatic rings. The van der Waals surface area contributed by atoms with Gasteiger partial charge in [0.1, 0.15) is 0 Å². The van der Waals surface area contributed by atoms with Crippen LogP contribution in [0.15, 0.2) is 17.4 Å². The Hall–Kier alpha value is -1.48. The molecular formula is C4H5N3O2. The number of rotatable bonds is 2. The fourth-order valence-electron chi connectivity index (χ4n) is 0.192. The summed E-state index contributed by atoms with van der Waals surface area (Å²) in [5.74, 6) is -0.539. The van der Waals surface area contributed by atoms with Crippen LogP contribution in [0.2, 0.25) is 0 Å². The van der Waals surface area contributed by atoms with E-state index in [1.54, 1.807) is 0 Å². The van der Waals surface area contributed by atoms with Crippen LogP contribution in [0.3, 0.4) is 0 Å². The lowest BCUT2D eigenvalue weighted by Gasteiger charge is -1.84. The van der Waals surface area contributed by atoms with E-state index in [1.165, 1.54) is 7.11 Å².